The zero-order chi connectivity index (χ0) is 12.4. The van der Waals surface area contributed by atoms with E-state index in [1.54, 1.807) is 0 Å². The summed E-state index contributed by atoms with van der Waals surface area (Å²) >= 11 is 0. The van der Waals surface area contributed by atoms with Crippen molar-refractivity contribution in [2.24, 2.45) is 11.8 Å². The zero-order valence-corrected chi connectivity index (χ0v) is 11.4. The van der Waals surface area contributed by atoms with Gasteiger partial charge in [-0.1, -0.05) is 6.42 Å². The Morgan fingerprint density at radius 3 is 2.89 bits per heavy atom. The first-order valence-corrected chi connectivity index (χ1v) is 7.86. The van der Waals surface area contributed by atoms with Crippen molar-refractivity contribution in [1.29, 1.82) is 0 Å². The first-order valence-electron chi connectivity index (χ1n) is 7.86. The van der Waals surface area contributed by atoms with Gasteiger partial charge in [-0.15, -0.1) is 0 Å². The van der Waals surface area contributed by atoms with Gasteiger partial charge in [0.1, 0.15) is 0 Å². The molecular weight excluding hydrogens is 224 g/mol. The summed E-state index contributed by atoms with van der Waals surface area (Å²) in [4.78, 5) is 14.1. The Morgan fingerprint density at radius 1 is 1.11 bits per heavy atom. The molecule has 18 heavy (non-hydrogen) atoms. The minimum absolute atomic E-state index is 0.402. The fourth-order valence-corrected chi connectivity index (χ4v) is 4.22. The van der Waals surface area contributed by atoms with E-state index in [0.717, 1.165) is 31.8 Å². The van der Waals surface area contributed by atoms with Crippen molar-refractivity contribution in [3.05, 3.63) is 0 Å². The first-order chi connectivity index (χ1) is 8.84. The van der Waals surface area contributed by atoms with Gasteiger partial charge >= 0.3 is 0 Å². The number of hydrogen-bond donors (Lipinski definition) is 1. The molecule has 1 aliphatic carbocycles. The van der Waals surface area contributed by atoms with Crippen molar-refractivity contribution in [3.63, 3.8) is 0 Å². The summed E-state index contributed by atoms with van der Waals surface area (Å²) in [6.45, 7) is 3.21. The molecular formula is C15H26N2O. The summed E-state index contributed by atoms with van der Waals surface area (Å²) < 4.78 is 0. The number of amides is 1. The molecule has 1 saturated carbocycles. The van der Waals surface area contributed by atoms with Crippen LogP contribution in [0.25, 0.3) is 0 Å². The number of fused-ring (bicyclic) bond motifs is 1. The predicted octanol–water partition coefficient (Wildman–Crippen LogP) is 2.17. The van der Waals surface area contributed by atoms with Crippen LogP contribution in [0.3, 0.4) is 0 Å². The van der Waals surface area contributed by atoms with Gasteiger partial charge in [-0.2, -0.15) is 0 Å². The third kappa shape index (κ3) is 2.56. The lowest BCUT2D eigenvalue weighted by molar-refractivity contribution is -0.134. The summed E-state index contributed by atoms with van der Waals surface area (Å²) in [6.07, 6.45) is 9.94. The Hall–Kier alpha value is -0.570. The molecule has 1 N–H and O–H groups in total. The van der Waals surface area contributed by atoms with Crippen LogP contribution in [0.4, 0.5) is 0 Å². The Labute approximate surface area is 110 Å². The van der Waals surface area contributed by atoms with Crippen LogP contribution in [0.2, 0.25) is 0 Å². The van der Waals surface area contributed by atoms with Crippen LogP contribution < -0.4 is 5.32 Å². The summed E-state index contributed by atoms with van der Waals surface area (Å²) in [5, 5.41) is 3.74. The predicted molar refractivity (Wildman–Crippen MR) is 72.3 cm³/mol. The summed E-state index contributed by atoms with van der Waals surface area (Å²) in [7, 11) is 0. The van der Waals surface area contributed by atoms with Crippen molar-refractivity contribution >= 4 is 5.91 Å². The van der Waals surface area contributed by atoms with Crippen LogP contribution >= 0.6 is 0 Å². The van der Waals surface area contributed by atoms with Crippen LogP contribution in [0.5, 0.6) is 0 Å². The Bertz CT molecular complexity index is 303. The van der Waals surface area contributed by atoms with E-state index in [-0.39, 0.29) is 0 Å². The second-order valence-corrected chi connectivity index (χ2v) is 6.37. The molecule has 0 unspecified atom stereocenters. The average molecular weight is 250 g/mol. The van der Waals surface area contributed by atoms with Gasteiger partial charge < -0.3 is 10.2 Å². The maximum atomic E-state index is 11.9. The number of carbonyl (C=O) groups is 1. The number of piperidine rings is 2. The van der Waals surface area contributed by atoms with E-state index in [2.05, 4.69) is 10.2 Å². The zero-order valence-electron chi connectivity index (χ0n) is 11.4. The molecule has 0 aromatic heterocycles. The Kier molecular flexibility index (Phi) is 3.88. The van der Waals surface area contributed by atoms with E-state index in [9.17, 15) is 4.79 Å². The van der Waals surface area contributed by atoms with Gasteiger partial charge in [0.2, 0.25) is 5.91 Å². The van der Waals surface area contributed by atoms with E-state index in [4.69, 9.17) is 0 Å². The van der Waals surface area contributed by atoms with Crippen LogP contribution in [0.15, 0.2) is 0 Å². The molecule has 102 valence electrons. The number of nitrogens with zero attached hydrogens (tertiary/aromatic N) is 1. The lowest BCUT2D eigenvalue weighted by atomic mass is 9.73. The molecule has 0 aromatic rings. The molecule has 3 atom stereocenters. The molecule has 3 heteroatoms. The average Bonchev–Trinajstić information content (AvgIpc) is 2.42. The lowest BCUT2D eigenvalue weighted by Gasteiger charge is -2.44. The molecule has 3 fully saturated rings. The minimum atomic E-state index is 0.402. The fraction of sp³-hybridized carbons (Fsp3) is 0.933. The molecule has 3 rings (SSSR count). The molecule has 2 aliphatic heterocycles. The highest BCUT2D eigenvalue weighted by atomic mass is 16.2. The number of nitrogens with one attached hydrogen (secondary N) is 1. The fourth-order valence-electron chi connectivity index (χ4n) is 4.22. The highest BCUT2D eigenvalue weighted by Gasteiger charge is 2.36. The molecule has 0 spiro atoms. The summed E-state index contributed by atoms with van der Waals surface area (Å²) in [6, 6.07) is 0.697. The van der Waals surface area contributed by atoms with Crippen molar-refractivity contribution in [1.82, 2.24) is 10.2 Å². The second kappa shape index (κ2) is 5.60. The molecule has 0 radical (unpaired) electrons. The molecule has 1 amide bonds. The maximum absolute atomic E-state index is 11.9. The second-order valence-electron chi connectivity index (χ2n) is 6.37. The van der Waals surface area contributed by atoms with Crippen LogP contribution in [-0.2, 0) is 4.79 Å². The minimum Gasteiger partial charge on any atom is -0.342 e. The van der Waals surface area contributed by atoms with E-state index in [1.807, 2.05) is 0 Å². The third-order valence-electron chi connectivity index (χ3n) is 5.17. The highest BCUT2D eigenvalue weighted by Crippen LogP contribution is 2.35. The van der Waals surface area contributed by atoms with Crippen molar-refractivity contribution in [3.8, 4) is 0 Å². The third-order valence-corrected chi connectivity index (χ3v) is 5.17. The quantitative estimate of drug-likeness (QED) is 0.814. The number of likely N-dealkylation sites (tertiary alicyclic amines) is 1. The highest BCUT2D eigenvalue weighted by molar-refractivity contribution is 5.76. The van der Waals surface area contributed by atoms with E-state index >= 15 is 0 Å². The topological polar surface area (TPSA) is 32.3 Å². The van der Waals surface area contributed by atoms with Crippen LogP contribution in [0.1, 0.15) is 51.4 Å². The molecule has 2 saturated heterocycles. The monoisotopic (exact) mass is 250 g/mol. The van der Waals surface area contributed by atoms with Gasteiger partial charge in [0.25, 0.3) is 0 Å². The van der Waals surface area contributed by atoms with Crippen molar-refractivity contribution in [2.45, 2.75) is 57.4 Å². The number of carbonyl (C=O) groups excluding carboxylic acids is 1. The Morgan fingerprint density at radius 2 is 2.00 bits per heavy atom. The first kappa shape index (κ1) is 12.5. The molecule has 3 nitrogen and oxygen atoms in total. The largest absolute Gasteiger partial charge is 0.342 e. The summed E-state index contributed by atoms with van der Waals surface area (Å²) in [5.41, 5.74) is 0. The van der Waals surface area contributed by atoms with Gasteiger partial charge in [0.05, 0.1) is 0 Å². The van der Waals surface area contributed by atoms with Crippen molar-refractivity contribution in [2.75, 3.05) is 19.6 Å². The molecule has 0 aromatic carbocycles. The maximum Gasteiger partial charge on any atom is 0.222 e. The standard InChI is InChI=1S/C15H26N2O/c18-14-8-1-2-10-17(14)11-13-6-3-5-12-7-4-9-16-15(12)13/h12-13,15-16H,1-11H2/t12-,13+,15+/m1/s1. The van der Waals surface area contributed by atoms with Crippen LogP contribution in [0, 0.1) is 11.8 Å². The van der Waals surface area contributed by atoms with E-state index in [0.29, 0.717) is 17.9 Å². The molecule has 2 heterocycles. The van der Waals surface area contributed by atoms with Gasteiger partial charge in [-0.05, 0) is 56.9 Å². The van der Waals surface area contributed by atoms with Gasteiger partial charge in [-0.3, -0.25) is 4.79 Å². The lowest BCUT2D eigenvalue weighted by Crippen LogP contribution is -2.52. The van der Waals surface area contributed by atoms with Crippen LogP contribution in [-0.4, -0.2) is 36.5 Å². The molecule has 0 bridgehead atoms. The number of hydrogen-bond acceptors (Lipinski definition) is 2. The van der Waals surface area contributed by atoms with Crippen molar-refractivity contribution < 1.29 is 4.79 Å². The summed E-state index contributed by atoms with van der Waals surface area (Å²) in [5.74, 6) is 2.00. The van der Waals surface area contributed by atoms with Gasteiger partial charge in [0.15, 0.2) is 0 Å². The normalized spacial score (nSPS) is 37.4. The number of rotatable bonds is 2. The Balaban J connectivity index is 1.61. The van der Waals surface area contributed by atoms with Gasteiger partial charge in [0, 0.05) is 25.6 Å². The van der Waals surface area contributed by atoms with Gasteiger partial charge in [-0.25, -0.2) is 0 Å². The van der Waals surface area contributed by atoms with E-state index < -0.39 is 0 Å². The van der Waals surface area contributed by atoms with E-state index in [1.165, 1.54) is 45.1 Å². The smallest absolute Gasteiger partial charge is 0.222 e. The SMILES string of the molecule is O=C1CCCCN1C[C@@H]1CCC[C@@H]2CCCN[C@@H]21. The molecule has 3 aliphatic rings.